The summed E-state index contributed by atoms with van der Waals surface area (Å²) in [6.07, 6.45) is -4.64. The molecule has 0 saturated heterocycles. The minimum Gasteiger partial charge on any atom is -0.436 e. The van der Waals surface area contributed by atoms with E-state index in [1.807, 2.05) is 0 Å². The number of oxazole rings is 1. The molecule has 0 aliphatic carbocycles. The highest BCUT2D eigenvalue weighted by Crippen LogP contribution is 2.26. The summed E-state index contributed by atoms with van der Waals surface area (Å²) in [6, 6.07) is -0.800. The molecule has 2 aromatic rings. The van der Waals surface area contributed by atoms with Gasteiger partial charge >= 0.3 is 6.18 Å². The van der Waals surface area contributed by atoms with Gasteiger partial charge in [-0.05, 0) is 13.8 Å². The standard InChI is InChI=1S/C11H12F3N5O2/c1-4-7(21-6(3)15-4)9(20)16-5(2)8-17-10(19-18-8)11(12,13)14/h5H,1-3H3,(H,16,20)(H,17,18,19). The molecule has 7 nitrogen and oxygen atoms in total. The van der Waals surface area contributed by atoms with Crippen molar-refractivity contribution in [3.8, 4) is 0 Å². The maximum atomic E-state index is 12.4. The van der Waals surface area contributed by atoms with E-state index < -0.39 is 23.9 Å². The Morgan fingerprint density at radius 3 is 2.48 bits per heavy atom. The lowest BCUT2D eigenvalue weighted by Crippen LogP contribution is -2.27. The predicted octanol–water partition coefficient (Wildman–Crippen LogP) is 1.92. The highest BCUT2D eigenvalue weighted by molar-refractivity contribution is 5.92. The number of aryl methyl sites for hydroxylation is 2. The molecular weight excluding hydrogens is 291 g/mol. The van der Waals surface area contributed by atoms with Gasteiger partial charge in [0.1, 0.15) is 5.82 Å². The van der Waals surface area contributed by atoms with Gasteiger partial charge in [-0.1, -0.05) is 0 Å². The van der Waals surface area contributed by atoms with Crippen LogP contribution in [0.25, 0.3) is 0 Å². The minimum atomic E-state index is -4.64. The molecule has 21 heavy (non-hydrogen) atoms. The molecule has 0 spiro atoms. The van der Waals surface area contributed by atoms with Crippen LogP contribution in [0.15, 0.2) is 4.42 Å². The van der Waals surface area contributed by atoms with Gasteiger partial charge in [0.2, 0.25) is 5.76 Å². The Labute approximate surface area is 117 Å². The van der Waals surface area contributed by atoms with Crippen molar-refractivity contribution >= 4 is 5.91 Å². The number of carbonyl (C=O) groups is 1. The highest BCUT2D eigenvalue weighted by atomic mass is 19.4. The number of carbonyl (C=O) groups excluding carboxylic acids is 1. The molecule has 1 unspecified atom stereocenters. The van der Waals surface area contributed by atoms with Crippen molar-refractivity contribution in [3.63, 3.8) is 0 Å². The first-order valence-corrected chi connectivity index (χ1v) is 5.93. The van der Waals surface area contributed by atoms with Crippen LogP contribution in [0.1, 0.15) is 46.8 Å². The van der Waals surface area contributed by atoms with Gasteiger partial charge in [0.15, 0.2) is 5.89 Å². The maximum absolute atomic E-state index is 12.4. The van der Waals surface area contributed by atoms with Crippen molar-refractivity contribution in [1.82, 2.24) is 25.5 Å². The van der Waals surface area contributed by atoms with Gasteiger partial charge in [-0.15, -0.1) is 5.10 Å². The largest absolute Gasteiger partial charge is 0.453 e. The van der Waals surface area contributed by atoms with Crippen LogP contribution in [-0.4, -0.2) is 26.1 Å². The number of hydrogen-bond acceptors (Lipinski definition) is 5. The third-order valence-electron chi connectivity index (χ3n) is 2.62. The van der Waals surface area contributed by atoms with Crippen molar-refractivity contribution in [1.29, 1.82) is 0 Å². The number of nitrogens with one attached hydrogen (secondary N) is 2. The molecule has 1 atom stereocenters. The SMILES string of the molecule is Cc1nc(C)c(C(=O)NC(C)c2nc(C(F)(F)F)n[nH]2)o1. The van der Waals surface area contributed by atoms with E-state index in [1.54, 1.807) is 13.8 Å². The summed E-state index contributed by atoms with van der Waals surface area (Å²) in [5, 5.41) is 7.67. The van der Waals surface area contributed by atoms with Crippen molar-refractivity contribution < 1.29 is 22.4 Å². The number of aromatic nitrogens is 4. The minimum absolute atomic E-state index is 0.00918. The van der Waals surface area contributed by atoms with Crippen LogP contribution < -0.4 is 5.32 Å². The molecule has 0 aliphatic heterocycles. The van der Waals surface area contributed by atoms with Crippen LogP contribution in [0.5, 0.6) is 0 Å². The summed E-state index contributed by atoms with van der Waals surface area (Å²) < 4.78 is 42.3. The second kappa shape index (κ2) is 5.19. The van der Waals surface area contributed by atoms with E-state index >= 15 is 0 Å². The molecule has 2 heterocycles. The van der Waals surface area contributed by atoms with Gasteiger partial charge in [0.05, 0.1) is 11.7 Å². The molecule has 0 aromatic carbocycles. The van der Waals surface area contributed by atoms with Gasteiger partial charge in [0, 0.05) is 6.92 Å². The van der Waals surface area contributed by atoms with Gasteiger partial charge in [-0.3, -0.25) is 9.89 Å². The zero-order chi connectivity index (χ0) is 15.8. The summed E-state index contributed by atoms with van der Waals surface area (Å²) in [4.78, 5) is 19.2. The molecule has 0 saturated carbocycles. The Bertz CT molecular complexity index is 661. The fourth-order valence-electron chi connectivity index (χ4n) is 1.67. The van der Waals surface area contributed by atoms with Crippen LogP contribution in [0.3, 0.4) is 0 Å². The molecule has 114 valence electrons. The molecule has 10 heteroatoms. The maximum Gasteiger partial charge on any atom is 0.453 e. The second-order valence-corrected chi connectivity index (χ2v) is 4.38. The van der Waals surface area contributed by atoms with E-state index in [0.29, 0.717) is 11.6 Å². The quantitative estimate of drug-likeness (QED) is 0.903. The van der Waals surface area contributed by atoms with Crippen LogP contribution >= 0.6 is 0 Å². The summed E-state index contributed by atoms with van der Waals surface area (Å²) in [6.45, 7) is 4.64. The fraction of sp³-hybridized carbons (Fsp3) is 0.455. The lowest BCUT2D eigenvalue weighted by molar-refractivity contribution is -0.144. The molecule has 0 aliphatic rings. The van der Waals surface area contributed by atoms with Crippen LogP contribution in [0, 0.1) is 13.8 Å². The fourth-order valence-corrected chi connectivity index (χ4v) is 1.67. The van der Waals surface area contributed by atoms with E-state index in [-0.39, 0.29) is 11.6 Å². The summed E-state index contributed by atoms with van der Waals surface area (Å²) in [7, 11) is 0. The number of hydrogen-bond donors (Lipinski definition) is 2. The first kappa shape index (κ1) is 15.0. The summed E-state index contributed by atoms with van der Waals surface area (Å²) in [5.41, 5.74) is 0.394. The second-order valence-electron chi connectivity index (χ2n) is 4.38. The predicted molar refractivity (Wildman–Crippen MR) is 63.2 cm³/mol. The van der Waals surface area contributed by atoms with Crippen molar-refractivity contribution in [2.24, 2.45) is 0 Å². The third-order valence-corrected chi connectivity index (χ3v) is 2.62. The zero-order valence-corrected chi connectivity index (χ0v) is 11.4. The lowest BCUT2D eigenvalue weighted by Gasteiger charge is -2.09. The Hall–Kier alpha value is -2.39. The van der Waals surface area contributed by atoms with Crippen molar-refractivity contribution in [2.75, 3.05) is 0 Å². The third kappa shape index (κ3) is 3.20. The number of amides is 1. The Morgan fingerprint density at radius 2 is 2.00 bits per heavy atom. The number of nitrogens with zero attached hydrogens (tertiary/aromatic N) is 3. The Kier molecular flexibility index (Phi) is 3.71. The van der Waals surface area contributed by atoms with Crippen molar-refractivity contribution in [2.45, 2.75) is 33.0 Å². The summed E-state index contributed by atoms with van der Waals surface area (Å²) >= 11 is 0. The van der Waals surface area contributed by atoms with E-state index in [0.717, 1.165) is 0 Å². The van der Waals surface area contributed by atoms with Gasteiger partial charge in [-0.2, -0.15) is 13.2 Å². The average Bonchev–Trinajstić information content (AvgIpc) is 2.95. The highest BCUT2D eigenvalue weighted by Gasteiger charge is 2.36. The van der Waals surface area contributed by atoms with Crippen molar-refractivity contribution in [3.05, 3.63) is 29.0 Å². The molecule has 0 fully saturated rings. The monoisotopic (exact) mass is 303 g/mol. The van der Waals surface area contributed by atoms with Gasteiger partial charge in [-0.25, -0.2) is 9.97 Å². The smallest absolute Gasteiger partial charge is 0.436 e. The first-order valence-electron chi connectivity index (χ1n) is 5.93. The Balaban J connectivity index is 2.11. The molecule has 2 aromatic heterocycles. The lowest BCUT2D eigenvalue weighted by atomic mass is 10.3. The van der Waals surface area contributed by atoms with E-state index in [4.69, 9.17) is 4.42 Å². The van der Waals surface area contributed by atoms with E-state index in [1.165, 1.54) is 6.92 Å². The van der Waals surface area contributed by atoms with Crippen LogP contribution in [0.2, 0.25) is 0 Å². The van der Waals surface area contributed by atoms with Crippen LogP contribution in [-0.2, 0) is 6.18 Å². The number of H-pyrrole nitrogens is 1. The normalized spacial score (nSPS) is 13.2. The zero-order valence-electron chi connectivity index (χ0n) is 11.4. The van der Waals surface area contributed by atoms with Gasteiger partial charge < -0.3 is 9.73 Å². The molecule has 1 amide bonds. The van der Waals surface area contributed by atoms with Crippen LogP contribution in [0.4, 0.5) is 13.2 Å². The number of halogens is 3. The average molecular weight is 303 g/mol. The molecule has 2 rings (SSSR count). The molecule has 0 bridgehead atoms. The van der Waals surface area contributed by atoms with E-state index in [9.17, 15) is 18.0 Å². The van der Waals surface area contributed by atoms with Gasteiger partial charge in [0.25, 0.3) is 11.7 Å². The molecule has 2 N–H and O–H groups in total. The Morgan fingerprint density at radius 1 is 1.33 bits per heavy atom. The number of aromatic amines is 1. The first-order chi connectivity index (χ1) is 9.68. The van der Waals surface area contributed by atoms with E-state index in [2.05, 4.69) is 25.5 Å². The molecule has 0 radical (unpaired) electrons. The molecular formula is C11H12F3N5O2. The summed E-state index contributed by atoms with van der Waals surface area (Å²) in [5.74, 6) is -1.65. The number of rotatable bonds is 3. The number of alkyl halides is 3. The topological polar surface area (TPSA) is 96.7 Å².